The van der Waals surface area contributed by atoms with Gasteiger partial charge in [0, 0.05) is 0 Å². The van der Waals surface area contributed by atoms with Crippen LogP contribution in [0.15, 0.2) is 54.6 Å². The first-order valence-electron chi connectivity index (χ1n) is 5.94. The predicted molar refractivity (Wildman–Crippen MR) is 81.8 cm³/mol. The number of anilines is 1. The molecule has 2 nitrogen and oxygen atoms in total. The highest BCUT2D eigenvalue weighted by Gasteiger charge is 2.47. The number of nitrogens with zero attached hydrogens (tertiary/aromatic N) is 1. The highest BCUT2D eigenvalue weighted by molar-refractivity contribution is 14.1. The number of aliphatic hydroxyl groups excluding tert-OH is 1. The van der Waals surface area contributed by atoms with Gasteiger partial charge >= 0.3 is 0 Å². The van der Waals surface area contributed by atoms with Crippen LogP contribution >= 0.6 is 22.9 Å². The smallest absolute Gasteiger partial charge is 0.149 e. The molecule has 1 heterocycles. The molecule has 3 heteroatoms. The zero-order valence-corrected chi connectivity index (χ0v) is 12.2. The Morgan fingerprint density at radius 3 is 2.39 bits per heavy atom. The maximum absolute atomic E-state index is 10.6. The third-order valence-electron chi connectivity index (χ3n) is 3.80. The van der Waals surface area contributed by atoms with Crippen LogP contribution in [0.2, 0.25) is 0 Å². The maximum Gasteiger partial charge on any atom is 0.149 e. The summed E-state index contributed by atoms with van der Waals surface area (Å²) in [4.78, 5) is 0. The second-order valence-corrected chi connectivity index (χ2v) is 5.81. The second-order valence-electron chi connectivity index (χ2n) is 4.77. The van der Waals surface area contributed by atoms with E-state index in [0.29, 0.717) is 0 Å². The molecule has 1 aliphatic rings. The lowest BCUT2D eigenvalue weighted by Crippen LogP contribution is -2.39. The van der Waals surface area contributed by atoms with Crippen molar-refractivity contribution in [3.63, 3.8) is 0 Å². The highest BCUT2D eigenvalue weighted by atomic mass is 127. The lowest BCUT2D eigenvalue weighted by Gasteiger charge is -2.30. The van der Waals surface area contributed by atoms with Gasteiger partial charge in [0.1, 0.15) is 6.23 Å². The van der Waals surface area contributed by atoms with Gasteiger partial charge in [-0.1, -0.05) is 48.5 Å². The first-order valence-corrected chi connectivity index (χ1v) is 6.90. The number of benzene rings is 2. The van der Waals surface area contributed by atoms with E-state index in [0.717, 1.165) is 11.3 Å². The van der Waals surface area contributed by atoms with Crippen LogP contribution in [-0.4, -0.2) is 11.3 Å². The van der Waals surface area contributed by atoms with Gasteiger partial charge in [-0.15, -0.1) is 0 Å². The molecule has 1 unspecified atom stereocenters. The van der Waals surface area contributed by atoms with Crippen LogP contribution in [0, 0.1) is 0 Å². The van der Waals surface area contributed by atoms with Crippen LogP contribution < -0.4 is 3.11 Å². The molecule has 18 heavy (non-hydrogen) atoms. The Morgan fingerprint density at radius 1 is 1.06 bits per heavy atom. The molecule has 1 N–H and O–H groups in total. The van der Waals surface area contributed by atoms with E-state index in [4.69, 9.17) is 0 Å². The van der Waals surface area contributed by atoms with E-state index in [1.807, 2.05) is 33.4 Å². The fourth-order valence-corrected chi connectivity index (χ4v) is 3.66. The summed E-state index contributed by atoms with van der Waals surface area (Å²) < 4.78 is 1.92. The van der Waals surface area contributed by atoms with Crippen LogP contribution in [0.3, 0.4) is 0 Å². The largest absolute Gasteiger partial charge is 0.372 e. The van der Waals surface area contributed by atoms with Gasteiger partial charge in [-0.05, 0) is 24.1 Å². The summed E-state index contributed by atoms with van der Waals surface area (Å²) in [6.07, 6.45) is -0.544. The van der Waals surface area contributed by atoms with Gasteiger partial charge in [0.25, 0.3) is 0 Å². The number of hydrogen-bond acceptors (Lipinski definition) is 2. The van der Waals surface area contributed by atoms with E-state index in [-0.39, 0.29) is 5.41 Å². The fourth-order valence-electron chi connectivity index (χ4n) is 2.69. The summed E-state index contributed by atoms with van der Waals surface area (Å²) in [6, 6.07) is 18.4. The minimum absolute atomic E-state index is 0.376. The quantitative estimate of drug-likeness (QED) is 0.628. The molecule has 92 valence electrons. The lowest BCUT2D eigenvalue weighted by molar-refractivity contribution is 0.139. The van der Waals surface area contributed by atoms with Crippen molar-refractivity contribution < 1.29 is 5.11 Å². The van der Waals surface area contributed by atoms with Crippen LogP contribution in [0.1, 0.15) is 18.1 Å². The molecule has 3 rings (SSSR count). The molecule has 0 amide bonds. The van der Waals surface area contributed by atoms with Crippen LogP contribution in [0.5, 0.6) is 0 Å². The fraction of sp³-hybridized carbons (Fsp3) is 0.200. The van der Waals surface area contributed by atoms with E-state index in [2.05, 4.69) is 54.1 Å². The van der Waals surface area contributed by atoms with Gasteiger partial charge in [-0.25, -0.2) is 0 Å². The summed E-state index contributed by atoms with van der Waals surface area (Å²) in [5.74, 6) is 0. The van der Waals surface area contributed by atoms with E-state index in [9.17, 15) is 5.11 Å². The summed E-state index contributed by atoms with van der Waals surface area (Å²) in [5, 5.41) is 10.6. The number of rotatable bonds is 1. The van der Waals surface area contributed by atoms with Crippen molar-refractivity contribution in [3.8, 4) is 0 Å². The topological polar surface area (TPSA) is 23.5 Å². The van der Waals surface area contributed by atoms with E-state index in [1.54, 1.807) is 0 Å². The average Bonchev–Trinajstić information content (AvgIpc) is 2.64. The standard InChI is InChI=1S/C15H14INO/c1-15(11-7-3-2-4-8-11)12-9-5-6-10-13(12)17(16)14(15)18/h2-10,14,18H,1H3/t14?,15-/m0/s1. The lowest BCUT2D eigenvalue weighted by atomic mass is 9.76. The van der Waals surface area contributed by atoms with Gasteiger partial charge in [-0.3, -0.25) is 3.11 Å². The van der Waals surface area contributed by atoms with E-state index in [1.165, 1.54) is 5.56 Å². The molecule has 0 aromatic heterocycles. The Balaban J connectivity index is 2.24. The summed E-state index contributed by atoms with van der Waals surface area (Å²) >= 11 is 2.18. The normalized spacial score (nSPS) is 26.2. The maximum atomic E-state index is 10.6. The molecule has 0 radical (unpaired) electrons. The molecular formula is C15H14INO. The minimum atomic E-state index is -0.544. The Morgan fingerprint density at radius 2 is 1.67 bits per heavy atom. The third-order valence-corrected chi connectivity index (χ3v) is 4.85. The summed E-state index contributed by atoms with van der Waals surface area (Å²) in [7, 11) is 0. The Labute approximate surface area is 121 Å². The first-order chi connectivity index (χ1) is 8.65. The number of hydrogen-bond donors (Lipinski definition) is 1. The molecule has 0 fully saturated rings. The average molecular weight is 351 g/mol. The Bertz CT molecular complexity index is 572. The number of halogens is 1. The van der Waals surface area contributed by atoms with Gasteiger partial charge in [0.05, 0.1) is 34.0 Å². The van der Waals surface area contributed by atoms with Gasteiger partial charge in [0.15, 0.2) is 0 Å². The molecule has 0 aliphatic carbocycles. The monoisotopic (exact) mass is 351 g/mol. The molecule has 0 bridgehead atoms. The zero-order valence-electron chi connectivity index (χ0n) is 10.0. The highest BCUT2D eigenvalue weighted by Crippen LogP contribution is 2.49. The van der Waals surface area contributed by atoms with Gasteiger partial charge < -0.3 is 5.11 Å². The predicted octanol–water partition coefficient (Wildman–Crippen LogP) is 3.48. The number of aliphatic hydroxyl groups is 1. The zero-order chi connectivity index (χ0) is 12.8. The first kappa shape index (κ1) is 12.0. The molecule has 2 aromatic carbocycles. The molecule has 2 atom stereocenters. The number of para-hydroxylation sites is 1. The third kappa shape index (κ3) is 1.50. The van der Waals surface area contributed by atoms with Crippen molar-refractivity contribution in [2.24, 2.45) is 0 Å². The Hall–Kier alpha value is -1.07. The van der Waals surface area contributed by atoms with Crippen LogP contribution in [0.4, 0.5) is 5.69 Å². The summed E-state index contributed by atoms with van der Waals surface area (Å²) in [6.45, 7) is 2.10. The van der Waals surface area contributed by atoms with E-state index < -0.39 is 6.23 Å². The SMILES string of the molecule is C[C@]1(c2ccccc2)c2ccccc2N(I)C1O. The molecule has 2 aromatic rings. The van der Waals surface area contributed by atoms with Crippen molar-refractivity contribution >= 4 is 28.6 Å². The second kappa shape index (κ2) is 4.24. The molecular weight excluding hydrogens is 337 g/mol. The van der Waals surface area contributed by atoms with Crippen molar-refractivity contribution in [1.82, 2.24) is 0 Å². The molecule has 0 saturated heterocycles. The van der Waals surface area contributed by atoms with Crippen molar-refractivity contribution in [3.05, 3.63) is 65.7 Å². The van der Waals surface area contributed by atoms with Crippen molar-refractivity contribution in [2.45, 2.75) is 18.6 Å². The minimum Gasteiger partial charge on any atom is -0.372 e. The van der Waals surface area contributed by atoms with Gasteiger partial charge in [0.2, 0.25) is 0 Å². The molecule has 1 aliphatic heterocycles. The van der Waals surface area contributed by atoms with Crippen molar-refractivity contribution in [2.75, 3.05) is 3.11 Å². The van der Waals surface area contributed by atoms with Gasteiger partial charge in [-0.2, -0.15) is 0 Å². The molecule has 0 spiro atoms. The van der Waals surface area contributed by atoms with Crippen molar-refractivity contribution in [1.29, 1.82) is 0 Å². The molecule has 0 saturated carbocycles. The number of fused-ring (bicyclic) bond motifs is 1. The van der Waals surface area contributed by atoms with E-state index >= 15 is 0 Å². The Kier molecular flexibility index (Phi) is 2.83. The summed E-state index contributed by atoms with van der Waals surface area (Å²) in [5.41, 5.74) is 3.04. The van der Waals surface area contributed by atoms with Crippen LogP contribution in [-0.2, 0) is 5.41 Å². The van der Waals surface area contributed by atoms with Crippen LogP contribution in [0.25, 0.3) is 0 Å².